The van der Waals surface area contributed by atoms with Crippen molar-refractivity contribution in [2.24, 2.45) is 0 Å². The van der Waals surface area contributed by atoms with Crippen molar-refractivity contribution < 1.29 is 9.53 Å². The highest BCUT2D eigenvalue weighted by atomic mass is 79.9. The van der Waals surface area contributed by atoms with Crippen LogP contribution in [0, 0.1) is 0 Å². The van der Waals surface area contributed by atoms with Gasteiger partial charge in [0.2, 0.25) is 0 Å². The average Bonchev–Trinajstić information content (AvgIpc) is 2.62. The molecule has 128 valence electrons. The van der Waals surface area contributed by atoms with E-state index in [1.807, 2.05) is 61.2 Å². The van der Waals surface area contributed by atoms with Crippen LogP contribution in [0.1, 0.15) is 35.3 Å². The van der Waals surface area contributed by atoms with E-state index in [2.05, 4.69) is 22.0 Å². The predicted octanol–water partition coefficient (Wildman–Crippen LogP) is 4.53. The number of benzene rings is 2. The first-order valence-electron chi connectivity index (χ1n) is 8.34. The Bertz CT molecular complexity index is 651. The maximum atomic E-state index is 12.4. The van der Waals surface area contributed by atoms with Gasteiger partial charge in [-0.2, -0.15) is 0 Å². The molecule has 24 heavy (non-hydrogen) atoms. The Morgan fingerprint density at radius 1 is 1.04 bits per heavy atom. The third-order valence-electron chi connectivity index (χ3n) is 3.95. The molecule has 2 aromatic carbocycles. The molecule has 1 amide bonds. The first-order valence-corrected chi connectivity index (χ1v) is 9.46. The minimum atomic E-state index is 0.0904. The lowest BCUT2D eigenvalue weighted by Gasteiger charge is -2.18. The quantitative estimate of drug-likeness (QED) is 0.620. The van der Waals surface area contributed by atoms with Gasteiger partial charge in [-0.3, -0.25) is 4.79 Å². The van der Waals surface area contributed by atoms with E-state index in [0.717, 1.165) is 41.7 Å². The number of para-hydroxylation sites is 1. The normalized spacial score (nSPS) is 10.5. The second-order valence-electron chi connectivity index (χ2n) is 5.50. The van der Waals surface area contributed by atoms with Crippen LogP contribution in [0.3, 0.4) is 0 Å². The maximum absolute atomic E-state index is 12.4. The van der Waals surface area contributed by atoms with Crippen LogP contribution in [-0.4, -0.2) is 35.8 Å². The van der Waals surface area contributed by atoms with Crippen LogP contribution in [0.25, 0.3) is 0 Å². The third-order valence-corrected chi connectivity index (χ3v) is 4.28. The lowest BCUT2D eigenvalue weighted by Crippen LogP contribution is -2.30. The summed E-state index contributed by atoms with van der Waals surface area (Å²) in [6, 6.07) is 16.0. The molecule has 0 atom stereocenters. The summed E-state index contributed by atoms with van der Waals surface area (Å²) in [6.45, 7) is 6.11. The number of halogens is 1. The Morgan fingerprint density at radius 2 is 1.71 bits per heavy atom. The van der Waals surface area contributed by atoms with Gasteiger partial charge in [-0.05, 0) is 43.2 Å². The summed E-state index contributed by atoms with van der Waals surface area (Å²) in [7, 11) is 0. The van der Waals surface area contributed by atoms with Crippen LogP contribution >= 0.6 is 15.9 Å². The molecule has 0 aromatic heterocycles. The van der Waals surface area contributed by atoms with E-state index in [-0.39, 0.29) is 5.91 Å². The van der Waals surface area contributed by atoms with Crippen molar-refractivity contribution in [3.8, 4) is 5.75 Å². The molecular weight excluding hydrogens is 366 g/mol. The summed E-state index contributed by atoms with van der Waals surface area (Å²) in [6.07, 6.45) is 0.790. The molecule has 0 bridgehead atoms. The lowest BCUT2D eigenvalue weighted by molar-refractivity contribution is 0.0773. The van der Waals surface area contributed by atoms with Crippen molar-refractivity contribution in [2.45, 2.75) is 20.3 Å². The Hall–Kier alpha value is -1.81. The van der Waals surface area contributed by atoms with Crippen LogP contribution in [0.4, 0.5) is 0 Å². The molecule has 0 radical (unpaired) electrons. The zero-order chi connectivity index (χ0) is 17.4. The summed E-state index contributed by atoms with van der Waals surface area (Å²) < 4.78 is 5.77. The Morgan fingerprint density at radius 3 is 2.33 bits per heavy atom. The highest BCUT2D eigenvalue weighted by Gasteiger charge is 2.12. The van der Waals surface area contributed by atoms with Crippen molar-refractivity contribution in [1.82, 2.24) is 4.90 Å². The van der Waals surface area contributed by atoms with Gasteiger partial charge in [0.05, 0.1) is 6.61 Å². The number of hydrogen-bond donors (Lipinski definition) is 0. The minimum Gasteiger partial charge on any atom is -0.492 e. The highest BCUT2D eigenvalue weighted by molar-refractivity contribution is 9.09. The predicted molar refractivity (Wildman–Crippen MR) is 102 cm³/mol. The molecule has 0 saturated heterocycles. The zero-order valence-electron chi connectivity index (χ0n) is 14.3. The largest absolute Gasteiger partial charge is 0.492 e. The minimum absolute atomic E-state index is 0.0904. The lowest BCUT2D eigenvalue weighted by atomic mass is 10.0. The molecule has 0 spiro atoms. The topological polar surface area (TPSA) is 29.5 Å². The van der Waals surface area contributed by atoms with Gasteiger partial charge in [0.15, 0.2) is 0 Å². The number of carbonyl (C=O) groups is 1. The Balaban J connectivity index is 2.11. The molecule has 0 aliphatic rings. The molecule has 0 fully saturated rings. The average molecular weight is 390 g/mol. The van der Waals surface area contributed by atoms with E-state index in [1.165, 1.54) is 5.56 Å². The smallest absolute Gasteiger partial charge is 0.253 e. The molecular formula is C20H24BrNO2. The molecule has 2 rings (SSSR count). The second-order valence-corrected chi connectivity index (χ2v) is 6.29. The number of amides is 1. The summed E-state index contributed by atoms with van der Waals surface area (Å²) >= 11 is 3.38. The fourth-order valence-corrected chi connectivity index (χ4v) is 2.78. The fraction of sp³-hybridized carbons (Fsp3) is 0.350. The first-order chi connectivity index (χ1) is 11.7. The van der Waals surface area contributed by atoms with Gasteiger partial charge in [-0.1, -0.05) is 46.3 Å². The van der Waals surface area contributed by atoms with Gasteiger partial charge in [-0.25, -0.2) is 0 Å². The Kier molecular flexibility index (Phi) is 7.32. The van der Waals surface area contributed by atoms with Gasteiger partial charge in [-0.15, -0.1) is 0 Å². The van der Waals surface area contributed by atoms with Crippen molar-refractivity contribution in [1.29, 1.82) is 0 Å². The summed E-state index contributed by atoms with van der Waals surface area (Å²) in [5.41, 5.74) is 3.06. The van der Waals surface area contributed by atoms with Crippen LogP contribution in [-0.2, 0) is 6.42 Å². The molecule has 0 N–H and O–H groups in total. The fourth-order valence-electron chi connectivity index (χ4n) is 2.62. The van der Waals surface area contributed by atoms with E-state index < -0.39 is 0 Å². The number of rotatable bonds is 8. The van der Waals surface area contributed by atoms with Crippen molar-refractivity contribution >= 4 is 21.8 Å². The zero-order valence-corrected chi connectivity index (χ0v) is 15.9. The van der Waals surface area contributed by atoms with Gasteiger partial charge >= 0.3 is 0 Å². The van der Waals surface area contributed by atoms with Crippen molar-refractivity contribution in [3.63, 3.8) is 0 Å². The monoisotopic (exact) mass is 389 g/mol. The van der Waals surface area contributed by atoms with E-state index in [0.29, 0.717) is 6.61 Å². The Labute approximate surface area is 152 Å². The summed E-state index contributed by atoms with van der Waals surface area (Å²) in [4.78, 5) is 14.2. The van der Waals surface area contributed by atoms with Gasteiger partial charge < -0.3 is 9.64 Å². The second kappa shape index (κ2) is 9.48. The van der Waals surface area contributed by atoms with E-state index in [4.69, 9.17) is 4.74 Å². The van der Waals surface area contributed by atoms with E-state index in [9.17, 15) is 4.79 Å². The van der Waals surface area contributed by atoms with Crippen molar-refractivity contribution in [3.05, 3.63) is 65.2 Å². The summed E-state index contributed by atoms with van der Waals surface area (Å²) in [5.74, 6) is 1.01. The van der Waals surface area contributed by atoms with E-state index >= 15 is 0 Å². The van der Waals surface area contributed by atoms with Crippen molar-refractivity contribution in [2.75, 3.05) is 25.0 Å². The SMILES string of the molecule is CCN(CC)C(=O)c1ccc(Cc2ccccc2OCCBr)cc1. The number of alkyl halides is 1. The number of nitrogens with zero attached hydrogens (tertiary/aromatic N) is 1. The number of carbonyl (C=O) groups excluding carboxylic acids is 1. The molecule has 0 heterocycles. The molecule has 3 nitrogen and oxygen atoms in total. The van der Waals surface area contributed by atoms with Gasteiger partial charge in [0, 0.05) is 30.4 Å². The van der Waals surface area contributed by atoms with Crippen LogP contribution in [0.2, 0.25) is 0 Å². The molecule has 0 aliphatic carbocycles. The van der Waals surface area contributed by atoms with Gasteiger partial charge in [0.25, 0.3) is 5.91 Å². The number of ether oxygens (including phenoxy) is 1. The molecule has 2 aromatic rings. The molecule has 0 unspecified atom stereocenters. The number of hydrogen-bond acceptors (Lipinski definition) is 2. The highest BCUT2D eigenvalue weighted by Crippen LogP contribution is 2.22. The standard InChI is InChI=1S/C20H24BrNO2/c1-3-22(4-2)20(23)17-11-9-16(10-12-17)15-18-7-5-6-8-19(18)24-14-13-21/h5-12H,3-4,13-15H2,1-2H3. The van der Waals surface area contributed by atoms with Crippen LogP contribution in [0.15, 0.2) is 48.5 Å². The third kappa shape index (κ3) is 4.84. The maximum Gasteiger partial charge on any atom is 0.253 e. The summed E-state index contributed by atoms with van der Waals surface area (Å²) in [5, 5.41) is 0.809. The van der Waals surface area contributed by atoms with Crippen LogP contribution in [0.5, 0.6) is 5.75 Å². The van der Waals surface area contributed by atoms with Crippen LogP contribution < -0.4 is 4.74 Å². The first kappa shape index (κ1) is 18.5. The molecule has 0 saturated carbocycles. The molecule has 0 aliphatic heterocycles. The van der Waals surface area contributed by atoms with Gasteiger partial charge in [0.1, 0.15) is 5.75 Å². The van der Waals surface area contributed by atoms with E-state index in [1.54, 1.807) is 0 Å². The molecule has 4 heteroatoms.